The van der Waals surface area contributed by atoms with Gasteiger partial charge in [0.25, 0.3) is 0 Å². The van der Waals surface area contributed by atoms with Crippen molar-refractivity contribution in [2.45, 2.75) is 31.8 Å². The Morgan fingerprint density at radius 3 is 2.90 bits per heavy atom. The predicted octanol–water partition coefficient (Wildman–Crippen LogP) is 3.31. The Balaban J connectivity index is 1.48. The maximum Gasteiger partial charge on any atom is 0.224 e. The van der Waals surface area contributed by atoms with Crippen molar-refractivity contribution in [3.63, 3.8) is 0 Å². The van der Waals surface area contributed by atoms with E-state index in [4.69, 9.17) is 21.3 Å². The summed E-state index contributed by atoms with van der Waals surface area (Å²) < 4.78 is 5.42. The van der Waals surface area contributed by atoms with E-state index in [-0.39, 0.29) is 12.6 Å². The summed E-state index contributed by atoms with van der Waals surface area (Å²) in [6.45, 7) is 4.13. The van der Waals surface area contributed by atoms with E-state index < -0.39 is 0 Å². The third kappa shape index (κ3) is 4.63. The fourth-order valence-electron chi connectivity index (χ4n) is 3.71. The van der Waals surface area contributed by atoms with Gasteiger partial charge >= 0.3 is 0 Å². The number of nitrogens with one attached hydrogen (secondary N) is 1. The zero-order chi connectivity index (χ0) is 20.2. The van der Waals surface area contributed by atoms with Crippen LogP contribution in [0.3, 0.4) is 0 Å². The normalized spacial score (nSPS) is 18.3. The van der Waals surface area contributed by atoms with Crippen molar-refractivity contribution in [2.24, 2.45) is 0 Å². The van der Waals surface area contributed by atoms with Gasteiger partial charge in [-0.25, -0.2) is 4.98 Å². The van der Waals surface area contributed by atoms with Gasteiger partial charge in [-0.3, -0.25) is 0 Å². The Hall–Kier alpha value is -2.35. The van der Waals surface area contributed by atoms with Gasteiger partial charge in [0.2, 0.25) is 5.95 Å². The highest BCUT2D eigenvalue weighted by molar-refractivity contribution is 6.30. The number of benzene rings is 1. The van der Waals surface area contributed by atoms with Gasteiger partial charge < -0.3 is 25.0 Å². The quantitative estimate of drug-likeness (QED) is 0.749. The molecule has 1 atom stereocenters. The first-order valence-corrected chi connectivity index (χ1v) is 10.3. The molecule has 0 radical (unpaired) electrons. The monoisotopic (exact) mass is 415 g/mol. The zero-order valence-electron chi connectivity index (χ0n) is 16.5. The van der Waals surface area contributed by atoms with Crippen LogP contribution in [-0.4, -0.2) is 52.5 Å². The van der Waals surface area contributed by atoms with E-state index >= 15 is 0 Å². The Labute approximate surface area is 176 Å². The number of rotatable bonds is 6. The molecule has 7 nitrogen and oxygen atoms in total. The average Bonchev–Trinajstić information content (AvgIpc) is 3.20. The third-order valence-corrected chi connectivity index (χ3v) is 5.57. The summed E-state index contributed by atoms with van der Waals surface area (Å²) in [6.07, 6.45) is 7.74. The van der Waals surface area contributed by atoms with Crippen molar-refractivity contribution in [3.05, 3.63) is 59.0 Å². The molecular formula is C21H26ClN5O2. The van der Waals surface area contributed by atoms with Gasteiger partial charge in [-0.2, -0.15) is 4.98 Å². The number of nitrogens with zero attached hydrogens (tertiary/aromatic N) is 4. The van der Waals surface area contributed by atoms with E-state index in [1.165, 1.54) is 0 Å². The van der Waals surface area contributed by atoms with Crippen molar-refractivity contribution in [1.82, 2.24) is 14.9 Å². The lowest BCUT2D eigenvalue weighted by Gasteiger charge is -2.29. The Morgan fingerprint density at radius 1 is 1.31 bits per heavy atom. The van der Waals surface area contributed by atoms with Crippen LogP contribution in [0.2, 0.25) is 5.02 Å². The second-order valence-electron chi connectivity index (χ2n) is 7.41. The molecule has 0 bridgehead atoms. The van der Waals surface area contributed by atoms with Crippen molar-refractivity contribution >= 4 is 23.4 Å². The highest BCUT2D eigenvalue weighted by Gasteiger charge is 2.25. The fraction of sp³-hybridized carbons (Fsp3) is 0.429. The van der Waals surface area contributed by atoms with E-state index in [1.807, 2.05) is 49.8 Å². The number of anilines is 2. The van der Waals surface area contributed by atoms with Gasteiger partial charge in [-0.05, 0) is 37.5 Å². The molecule has 1 aromatic carbocycles. The topological polar surface area (TPSA) is 73.8 Å². The SMILES string of the molecule is Cc1cnc(NC2CCOCC2)nc1N1C=CN(C(CO)c2cccc(Cl)c2)C1. The Morgan fingerprint density at radius 2 is 2.14 bits per heavy atom. The highest BCUT2D eigenvalue weighted by atomic mass is 35.5. The molecule has 4 rings (SSSR count). The Kier molecular flexibility index (Phi) is 6.18. The van der Waals surface area contributed by atoms with Crippen LogP contribution in [0.15, 0.2) is 42.9 Å². The van der Waals surface area contributed by atoms with Gasteiger partial charge in [0, 0.05) is 48.4 Å². The van der Waals surface area contributed by atoms with Crippen molar-refractivity contribution in [2.75, 3.05) is 36.7 Å². The van der Waals surface area contributed by atoms with Crippen LogP contribution < -0.4 is 10.2 Å². The minimum absolute atomic E-state index is 0.00215. The molecule has 1 fully saturated rings. The molecule has 154 valence electrons. The third-order valence-electron chi connectivity index (χ3n) is 5.33. The van der Waals surface area contributed by atoms with Crippen LogP contribution >= 0.6 is 11.6 Å². The van der Waals surface area contributed by atoms with Gasteiger partial charge in [-0.1, -0.05) is 23.7 Å². The molecule has 1 saturated heterocycles. The van der Waals surface area contributed by atoms with E-state index in [1.54, 1.807) is 0 Å². The fourth-order valence-corrected chi connectivity index (χ4v) is 3.91. The molecule has 2 N–H and O–H groups in total. The molecule has 0 spiro atoms. The number of aryl methyl sites for hydroxylation is 1. The number of hydrogen-bond donors (Lipinski definition) is 2. The van der Waals surface area contributed by atoms with E-state index in [9.17, 15) is 5.11 Å². The van der Waals surface area contributed by atoms with Gasteiger partial charge in [-0.15, -0.1) is 0 Å². The van der Waals surface area contributed by atoms with Crippen LogP contribution in [0.1, 0.15) is 30.0 Å². The molecule has 1 aromatic heterocycles. The molecule has 0 aliphatic carbocycles. The summed E-state index contributed by atoms with van der Waals surface area (Å²) in [6, 6.07) is 7.78. The van der Waals surface area contributed by atoms with Crippen LogP contribution in [0.4, 0.5) is 11.8 Å². The molecule has 2 aliphatic heterocycles. The van der Waals surface area contributed by atoms with Crippen molar-refractivity contribution in [3.8, 4) is 0 Å². The molecular weight excluding hydrogens is 390 g/mol. The van der Waals surface area contributed by atoms with Crippen molar-refractivity contribution < 1.29 is 9.84 Å². The van der Waals surface area contributed by atoms with Crippen LogP contribution in [-0.2, 0) is 4.74 Å². The minimum atomic E-state index is -0.170. The molecule has 29 heavy (non-hydrogen) atoms. The molecule has 1 unspecified atom stereocenters. The first-order chi connectivity index (χ1) is 14.1. The van der Waals surface area contributed by atoms with Gasteiger partial charge in [0.15, 0.2) is 0 Å². The van der Waals surface area contributed by atoms with Crippen LogP contribution in [0.5, 0.6) is 0 Å². The number of aromatic nitrogens is 2. The average molecular weight is 416 g/mol. The van der Waals surface area contributed by atoms with E-state index in [2.05, 4.69) is 20.1 Å². The van der Waals surface area contributed by atoms with Crippen LogP contribution in [0, 0.1) is 6.92 Å². The Bertz CT molecular complexity index is 872. The molecule has 2 aliphatic rings. The highest BCUT2D eigenvalue weighted by Crippen LogP contribution is 2.29. The first kappa shape index (κ1) is 19.9. The summed E-state index contributed by atoms with van der Waals surface area (Å²) in [4.78, 5) is 13.4. The lowest BCUT2D eigenvalue weighted by atomic mass is 10.1. The summed E-state index contributed by atoms with van der Waals surface area (Å²) in [5, 5.41) is 14.1. The lowest BCUT2D eigenvalue weighted by Crippen LogP contribution is -2.32. The first-order valence-electron chi connectivity index (χ1n) is 9.89. The maximum atomic E-state index is 9.99. The minimum Gasteiger partial charge on any atom is -0.394 e. The molecule has 0 saturated carbocycles. The summed E-state index contributed by atoms with van der Waals surface area (Å²) >= 11 is 6.14. The van der Waals surface area contributed by atoms with Gasteiger partial charge in [0.05, 0.1) is 19.3 Å². The second kappa shape index (κ2) is 8.98. The second-order valence-corrected chi connectivity index (χ2v) is 7.84. The van der Waals surface area contributed by atoms with Crippen LogP contribution in [0.25, 0.3) is 0 Å². The lowest BCUT2D eigenvalue weighted by molar-refractivity contribution is 0.0903. The molecule has 2 aromatic rings. The number of aliphatic hydroxyl groups excluding tert-OH is 1. The zero-order valence-corrected chi connectivity index (χ0v) is 17.2. The molecule has 8 heteroatoms. The number of ether oxygens (including phenoxy) is 1. The largest absolute Gasteiger partial charge is 0.394 e. The number of hydrogen-bond acceptors (Lipinski definition) is 7. The summed E-state index contributed by atoms with van der Waals surface area (Å²) in [5.41, 5.74) is 1.98. The van der Waals surface area contributed by atoms with Crippen molar-refractivity contribution in [1.29, 1.82) is 0 Å². The maximum absolute atomic E-state index is 9.99. The number of aliphatic hydroxyl groups is 1. The van der Waals surface area contributed by atoms with Gasteiger partial charge in [0.1, 0.15) is 5.82 Å². The van der Waals surface area contributed by atoms with E-state index in [0.717, 1.165) is 43.0 Å². The van der Waals surface area contributed by atoms with E-state index in [0.29, 0.717) is 23.7 Å². The summed E-state index contributed by atoms with van der Waals surface area (Å²) in [7, 11) is 0. The smallest absolute Gasteiger partial charge is 0.224 e. The number of halogens is 1. The summed E-state index contributed by atoms with van der Waals surface area (Å²) in [5.74, 6) is 1.49. The standard InChI is InChI=1S/C21H26ClN5O2/c1-15-12-23-21(24-18-5-9-29-10-6-18)25-20(15)27-8-7-26(14-27)19(13-28)16-3-2-4-17(22)11-16/h2-4,7-8,11-12,18-19,28H,5-6,9-10,13-14H2,1H3,(H,23,24,25). The molecule has 0 amide bonds. The molecule has 3 heterocycles. The predicted molar refractivity (Wildman–Crippen MR) is 114 cm³/mol.